The Bertz CT molecular complexity index is 512. The first kappa shape index (κ1) is 19.8. The van der Waals surface area contributed by atoms with Gasteiger partial charge in [0.2, 0.25) is 0 Å². The number of guanidine groups is 1. The highest BCUT2D eigenvalue weighted by molar-refractivity contribution is 5.79. The van der Waals surface area contributed by atoms with E-state index in [4.69, 9.17) is 0 Å². The van der Waals surface area contributed by atoms with Gasteiger partial charge in [0.1, 0.15) is 0 Å². The van der Waals surface area contributed by atoms with Crippen molar-refractivity contribution in [2.24, 2.45) is 10.9 Å². The Kier molecular flexibility index (Phi) is 8.26. The molecule has 0 saturated carbocycles. The van der Waals surface area contributed by atoms with Crippen molar-refractivity contribution in [1.82, 2.24) is 15.5 Å². The molecule has 1 saturated heterocycles. The molecule has 0 spiro atoms. The molecule has 1 aromatic rings. The Morgan fingerprint density at radius 3 is 2.68 bits per heavy atom. The maximum Gasteiger partial charge on any atom is 0.191 e. The quantitative estimate of drug-likeness (QED) is 0.589. The van der Waals surface area contributed by atoms with E-state index in [9.17, 15) is 0 Å². The SMILES string of the molecule is CN=C(NCC1CCCN(C(C)C)C1)NC(C)CCc1ccccc1. The fourth-order valence-corrected chi connectivity index (χ4v) is 3.50. The van der Waals surface area contributed by atoms with E-state index in [-0.39, 0.29) is 0 Å². The van der Waals surface area contributed by atoms with Crippen LogP contribution in [0.3, 0.4) is 0 Å². The summed E-state index contributed by atoms with van der Waals surface area (Å²) in [6.07, 6.45) is 4.83. The second-order valence-electron chi connectivity index (χ2n) is 7.62. The van der Waals surface area contributed by atoms with Gasteiger partial charge in [-0.15, -0.1) is 0 Å². The van der Waals surface area contributed by atoms with Gasteiger partial charge >= 0.3 is 0 Å². The Balaban J connectivity index is 1.71. The molecule has 2 atom stereocenters. The second kappa shape index (κ2) is 10.4. The van der Waals surface area contributed by atoms with Crippen molar-refractivity contribution < 1.29 is 0 Å². The van der Waals surface area contributed by atoms with Crippen LogP contribution in [0.2, 0.25) is 0 Å². The van der Waals surface area contributed by atoms with Gasteiger partial charge in [-0.1, -0.05) is 30.3 Å². The van der Waals surface area contributed by atoms with Gasteiger partial charge < -0.3 is 15.5 Å². The van der Waals surface area contributed by atoms with Crippen LogP contribution in [0.25, 0.3) is 0 Å². The number of likely N-dealkylation sites (tertiary alicyclic amines) is 1. The first-order valence-electron chi connectivity index (χ1n) is 9.83. The van der Waals surface area contributed by atoms with E-state index in [0.717, 1.165) is 25.3 Å². The van der Waals surface area contributed by atoms with Gasteiger partial charge in [0, 0.05) is 32.2 Å². The minimum absolute atomic E-state index is 0.407. The number of aliphatic imine (C=N–C) groups is 1. The first-order valence-corrected chi connectivity index (χ1v) is 9.83. The molecule has 2 rings (SSSR count). The third-order valence-corrected chi connectivity index (χ3v) is 5.15. The highest BCUT2D eigenvalue weighted by atomic mass is 15.2. The largest absolute Gasteiger partial charge is 0.356 e. The van der Waals surface area contributed by atoms with E-state index in [2.05, 4.69) is 71.6 Å². The van der Waals surface area contributed by atoms with Crippen LogP contribution in [0.5, 0.6) is 0 Å². The number of hydrogen-bond donors (Lipinski definition) is 2. The van der Waals surface area contributed by atoms with E-state index in [1.165, 1.54) is 31.5 Å². The van der Waals surface area contributed by atoms with Gasteiger partial charge in [0.05, 0.1) is 0 Å². The molecule has 4 nitrogen and oxygen atoms in total. The molecular weight excluding hydrogens is 308 g/mol. The lowest BCUT2D eigenvalue weighted by atomic mass is 9.97. The summed E-state index contributed by atoms with van der Waals surface area (Å²) in [5.74, 6) is 1.65. The molecule has 1 heterocycles. The van der Waals surface area contributed by atoms with Crippen LogP contribution in [0, 0.1) is 5.92 Å². The topological polar surface area (TPSA) is 39.7 Å². The molecule has 25 heavy (non-hydrogen) atoms. The fraction of sp³-hybridized carbons (Fsp3) is 0.667. The van der Waals surface area contributed by atoms with E-state index in [0.29, 0.717) is 18.0 Å². The van der Waals surface area contributed by atoms with Crippen LogP contribution in [-0.4, -0.2) is 49.6 Å². The standard InChI is InChI=1S/C21H36N4/c1-17(2)25-14-8-11-20(16-25)15-23-21(22-4)24-18(3)12-13-19-9-6-5-7-10-19/h5-7,9-10,17-18,20H,8,11-16H2,1-4H3,(H2,22,23,24). The van der Waals surface area contributed by atoms with Gasteiger partial charge in [-0.05, 0) is 64.5 Å². The number of piperidine rings is 1. The summed E-state index contributed by atoms with van der Waals surface area (Å²) in [5, 5.41) is 7.08. The van der Waals surface area contributed by atoms with Crippen LogP contribution in [-0.2, 0) is 6.42 Å². The Hall–Kier alpha value is -1.55. The average Bonchev–Trinajstić information content (AvgIpc) is 2.64. The highest BCUT2D eigenvalue weighted by Crippen LogP contribution is 2.17. The van der Waals surface area contributed by atoms with E-state index < -0.39 is 0 Å². The summed E-state index contributed by atoms with van der Waals surface area (Å²) in [4.78, 5) is 6.99. The van der Waals surface area contributed by atoms with Gasteiger partial charge in [0.15, 0.2) is 5.96 Å². The lowest BCUT2D eigenvalue weighted by Gasteiger charge is -2.35. The summed E-state index contributed by atoms with van der Waals surface area (Å²) in [6.45, 7) is 10.3. The van der Waals surface area contributed by atoms with E-state index >= 15 is 0 Å². The lowest BCUT2D eigenvalue weighted by molar-refractivity contribution is 0.141. The predicted octanol–water partition coefficient (Wildman–Crippen LogP) is 3.29. The molecule has 140 valence electrons. The third kappa shape index (κ3) is 7.07. The first-order chi connectivity index (χ1) is 12.1. The molecular formula is C21H36N4. The van der Waals surface area contributed by atoms with Crippen molar-refractivity contribution >= 4 is 5.96 Å². The molecule has 2 N–H and O–H groups in total. The zero-order chi connectivity index (χ0) is 18.1. The molecule has 0 aliphatic carbocycles. The fourth-order valence-electron chi connectivity index (χ4n) is 3.50. The maximum absolute atomic E-state index is 4.40. The van der Waals surface area contributed by atoms with Crippen molar-refractivity contribution in [3.05, 3.63) is 35.9 Å². The van der Waals surface area contributed by atoms with E-state index in [1.807, 2.05) is 7.05 Å². The molecule has 0 aromatic heterocycles. The molecule has 1 aromatic carbocycles. The van der Waals surface area contributed by atoms with Crippen molar-refractivity contribution in [2.75, 3.05) is 26.7 Å². The molecule has 0 amide bonds. The average molecular weight is 345 g/mol. The Labute approximate surface area is 154 Å². The van der Waals surface area contributed by atoms with Gasteiger partial charge in [-0.3, -0.25) is 4.99 Å². The molecule has 1 aliphatic rings. The Morgan fingerprint density at radius 2 is 2.00 bits per heavy atom. The van der Waals surface area contributed by atoms with Crippen LogP contribution in [0.4, 0.5) is 0 Å². The molecule has 4 heteroatoms. The zero-order valence-electron chi connectivity index (χ0n) is 16.5. The summed E-state index contributed by atoms with van der Waals surface area (Å²) in [6, 6.07) is 11.7. The smallest absolute Gasteiger partial charge is 0.191 e. The molecule has 1 aliphatic heterocycles. The van der Waals surface area contributed by atoms with Crippen LogP contribution in [0.15, 0.2) is 35.3 Å². The number of nitrogens with one attached hydrogen (secondary N) is 2. The molecule has 1 fully saturated rings. The van der Waals surface area contributed by atoms with E-state index in [1.54, 1.807) is 0 Å². The number of benzene rings is 1. The van der Waals surface area contributed by atoms with Gasteiger partial charge in [-0.2, -0.15) is 0 Å². The molecule has 2 unspecified atom stereocenters. The number of aryl methyl sites for hydroxylation is 1. The molecule has 0 radical (unpaired) electrons. The molecule has 0 bridgehead atoms. The van der Waals surface area contributed by atoms with Crippen molar-refractivity contribution in [1.29, 1.82) is 0 Å². The second-order valence-corrected chi connectivity index (χ2v) is 7.62. The predicted molar refractivity (Wildman–Crippen MR) is 108 cm³/mol. The number of hydrogen-bond acceptors (Lipinski definition) is 2. The van der Waals surface area contributed by atoms with Crippen LogP contribution in [0.1, 0.15) is 45.6 Å². The minimum Gasteiger partial charge on any atom is -0.356 e. The van der Waals surface area contributed by atoms with Gasteiger partial charge in [-0.25, -0.2) is 0 Å². The Morgan fingerprint density at radius 1 is 1.24 bits per heavy atom. The highest BCUT2D eigenvalue weighted by Gasteiger charge is 2.21. The minimum atomic E-state index is 0.407. The van der Waals surface area contributed by atoms with Crippen LogP contribution < -0.4 is 10.6 Å². The number of nitrogens with zero attached hydrogens (tertiary/aromatic N) is 2. The summed E-state index contributed by atoms with van der Waals surface area (Å²) in [5.41, 5.74) is 1.40. The van der Waals surface area contributed by atoms with Crippen molar-refractivity contribution in [2.45, 2.75) is 58.5 Å². The monoisotopic (exact) mass is 344 g/mol. The van der Waals surface area contributed by atoms with Crippen LogP contribution >= 0.6 is 0 Å². The third-order valence-electron chi connectivity index (χ3n) is 5.15. The zero-order valence-corrected chi connectivity index (χ0v) is 16.5. The van der Waals surface area contributed by atoms with Crippen molar-refractivity contribution in [3.8, 4) is 0 Å². The normalized spacial score (nSPS) is 20.5. The van der Waals surface area contributed by atoms with Gasteiger partial charge in [0.25, 0.3) is 0 Å². The summed E-state index contributed by atoms with van der Waals surface area (Å²) < 4.78 is 0. The summed E-state index contributed by atoms with van der Waals surface area (Å²) >= 11 is 0. The summed E-state index contributed by atoms with van der Waals surface area (Å²) in [7, 11) is 1.86. The number of rotatable bonds is 7. The maximum atomic E-state index is 4.40. The lowest BCUT2D eigenvalue weighted by Crippen LogP contribution is -2.47. The van der Waals surface area contributed by atoms with Crippen molar-refractivity contribution in [3.63, 3.8) is 0 Å².